The number of methoxy groups -OCH3 is 4. The third kappa shape index (κ3) is 3.48. The Bertz CT molecular complexity index is 955. The minimum atomic E-state index is 0.531. The predicted octanol–water partition coefficient (Wildman–Crippen LogP) is 4.68. The van der Waals surface area contributed by atoms with Crippen molar-refractivity contribution in [3.05, 3.63) is 65.5 Å². The molecule has 0 saturated heterocycles. The summed E-state index contributed by atoms with van der Waals surface area (Å²) in [7, 11) is 6.47. The molecule has 0 spiro atoms. The van der Waals surface area contributed by atoms with Gasteiger partial charge in [-0.15, -0.1) is 0 Å². The van der Waals surface area contributed by atoms with Crippen molar-refractivity contribution < 1.29 is 18.9 Å². The van der Waals surface area contributed by atoms with Crippen LogP contribution in [0.4, 0.5) is 0 Å². The molecule has 0 unspecified atom stereocenters. The molecule has 146 valence electrons. The lowest BCUT2D eigenvalue weighted by Gasteiger charge is -2.22. The second-order valence-corrected chi connectivity index (χ2v) is 6.31. The van der Waals surface area contributed by atoms with Crippen molar-refractivity contribution in [1.82, 2.24) is 4.98 Å². The average Bonchev–Trinajstić information content (AvgIpc) is 2.75. The summed E-state index contributed by atoms with van der Waals surface area (Å²) in [4.78, 5) is 4.12. The van der Waals surface area contributed by atoms with Gasteiger partial charge in [-0.25, -0.2) is 0 Å². The number of hydrogen-bond acceptors (Lipinski definition) is 5. The molecule has 0 fully saturated rings. The largest absolute Gasteiger partial charge is 0.492 e. The molecule has 5 nitrogen and oxygen atoms in total. The first-order valence-corrected chi connectivity index (χ1v) is 8.99. The molecule has 1 heterocycles. The number of ether oxygens (including phenoxy) is 4. The Labute approximate surface area is 165 Å². The number of rotatable bonds is 7. The minimum absolute atomic E-state index is 0.531. The van der Waals surface area contributed by atoms with Crippen LogP contribution in [0.15, 0.2) is 48.8 Å². The zero-order chi connectivity index (χ0) is 20.1. The maximum Gasteiger partial charge on any atom is 0.207 e. The number of aromatic nitrogens is 1. The third-order valence-electron chi connectivity index (χ3n) is 4.88. The Hall–Kier alpha value is -3.21. The van der Waals surface area contributed by atoms with Crippen molar-refractivity contribution in [2.75, 3.05) is 28.4 Å². The van der Waals surface area contributed by atoms with E-state index in [-0.39, 0.29) is 0 Å². The van der Waals surface area contributed by atoms with E-state index in [9.17, 15) is 0 Å². The molecule has 1 aromatic heterocycles. The first kappa shape index (κ1) is 19.5. The fraction of sp³-hybridized carbons (Fsp3) is 0.261. The van der Waals surface area contributed by atoms with E-state index in [1.165, 1.54) is 5.56 Å². The fourth-order valence-electron chi connectivity index (χ4n) is 3.54. The van der Waals surface area contributed by atoms with Crippen LogP contribution in [0.25, 0.3) is 11.1 Å². The number of benzene rings is 2. The molecule has 0 N–H and O–H groups in total. The molecular weight excluding hydrogens is 354 g/mol. The second kappa shape index (κ2) is 8.65. The van der Waals surface area contributed by atoms with E-state index < -0.39 is 0 Å². The molecule has 2 aromatic carbocycles. The molecular formula is C23H25NO4. The van der Waals surface area contributed by atoms with E-state index >= 15 is 0 Å². The Morgan fingerprint density at radius 1 is 0.714 bits per heavy atom. The fourth-order valence-corrected chi connectivity index (χ4v) is 3.54. The Morgan fingerprint density at radius 3 is 1.89 bits per heavy atom. The molecule has 0 radical (unpaired) electrons. The van der Waals surface area contributed by atoms with Crippen molar-refractivity contribution in [2.45, 2.75) is 13.3 Å². The Morgan fingerprint density at radius 2 is 1.29 bits per heavy atom. The van der Waals surface area contributed by atoms with Crippen LogP contribution in [0.3, 0.4) is 0 Å². The third-order valence-corrected chi connectivity index (χ3v) is 4.88. The first-order chi connectivity index (χ1) is 13.7. The van der Waals surface area contributed by atoms with E-state index in [0.29, 0.717) is 29.4 Å². The minimum Gasteiger partial charge on any atom is -0.492 e. The van der Waals surface area contributed by atoms with Crippen LogP contribution in [0.5, 0.6) is 23.0 Å². The van der Waals surface area contributed by atoms with Crippen molar-refractivity contribution in [1.29, 1.82) is 0 Å². The molecule has 5 heteroatoms. The maximum absolute atomic E-state index is 5.74. The lowest BCUT2D eigenvalue weighted by atomic mass is 9.92. The van der Waals surface area contributed by atoms with Crippen molar-refractivity contribution >= 4 is 0 Å². The Kier molecular flexibility index (Phi) is 6.04. The SMILES string of the molecule is COc1c(C)c(Cc2ccccc2-c2ccncc2)c(OC)c(OC)c1OC. The van der Waals surface area contributed by atoms with Gasteiger partial charge in [0, 0.05) is 29.9 Å². The predicted molar refractivity (Wildman–Crippen MR) is 110 cm³/mol. The van der Waals surface area contributed by atoms with Gasteiger partial charge in [0.1, 0.15) is 0 Å². The van der Waals surface area contributed by atoms with Crippen LogP contribution in [0.1, 0.15) is 16.7 Å². The van der Waals surface area contributed by atoms with Gasteiger partial charge < -0.3 is 18.9 Å². The van der Waals surface area contributed by atoms with Crippen LogP contribution < -0.4 is 18.9 Å². The van der Waals surface area contributed by atoms with E-state index in [2.05, 4.69) is 17.1 Å². The second-order valence-electron chi connectivity index (χ2n) is 6.31. The monoisotopic (exact) mass is 379 g/mol. The van der Waals surface area contributed by atoms with Gasteiger partial charge in [0.05, 0.1) is 28.4 Å². The quantitative estimate of drug-likeness (QED) is 0.596. The molecule has 0 aliphatic heterocycles. The lowest BCUT2D eigenvalue weighted by Crippen LogP contribution is -2.05. The highest BCUT2D eigenvalue weighted by Crippen LogP contribution is 2.50. The lowest BCUT2D eigenvalue weighted by molar-refractivity contribution is 0.302. The van der Waals surface area contributed by atoms with Crippen LogP contribution in [-0.2, 0) is 6.42 Å². The summed E-state index contributed by atoms with van der Waals surface area (Å²) in [5.41, 5.74) is 5.40. The molecule has 0 amide bonds. The summed E-state index contributed by atoms with van der Waals surface area (Å²) in [6.07, 6.45) is 4.26. The zero-order valence-electron chi connectivity index (χ0n) is 16.9. The number of nitrogens with zero attached hydrogens (tertiary/aromatic N) is 1. The normalized spacial score (nSPS) is 10.5. The van der Waals surface area contributed by atoms with Gasteiger partial charge in [-0.2, -0.15) is 0 Å². The first-order valence-electron chi connectivity index (χ1n) is 8.99. The average molecular weight is 379 g/mol. The van der Waals surface area contributed by atoms with Gasteiger partial charge in [0.25, 0.3) is 0 Å². The Balaban J connectivity index is 2.19. The molecule has 0 saturated carbocycles. The summed E-state index contributed by atoms with van der Waals surface area (Å²) in [6.45, 7) is 2.01. The van der Waals surface area contributed by atoms with Crippen molar-refractivity contribution in [3.8, 4) is 34.1 Å². The summed E-state index contributed by atoms with van der Waals surface area (Å²) in [5.74, 6) is 2.37. The number of hydrogen-bond donors (Lipinski definition) is 0. The highest BCUT2D eigenvalue weighted by Gasteiger charge is 2.25. The van der Waals surface area contributed by atoms with Gasteiger partial charge in [-0.3, -0.25) is 4.98 Å². The molecule has 0 aliphatic carbocycles. The van der Waals surface area contributed by atoms with E-state index in [1.54, 1.807) is 40.8 Å². The smallest absolute Gasteiger partial charge is 0.207 e. The summed E-state index contributed by atoms with van der Waals surface area (Å²) < 4.78 is 22.5. The molecule has 3 rings (SSSR count). The molecule has 0 bridgehead atoms. The summed E-state index contributed by atoms with van der Waals surface area (Å²) >= 11 is 0. The van der Waals surface area contributed by atoms with Crippen LogP contribution in [-0.4, -0.2) is 33.4 Å². The van der Waals surface area contributed by atoms with E-state index in [0.717, 1.165) is 22.3 Å². The van der Waals surface area contributed by atoms with Gasteiger partial charge in [0.15, 0.2) is 11.5 Å². The van der Waals surface area contributed by atoms with Gasteiger partial charge >= 0.3 is 0 Å². The number of pyridine rings is 1. The topological polar surface area (TPSA) is 49.8 Å². The van der Waals surface area contributed by atoms with E-state index in [4.69, 9.17) is 18.9 Å². The van der Waals surface area contributed by atoms with Gasteiger partial charge in [-0.05, 0) is 35.7 Å². The van der Waals surface area contributed by atoms with Crippen LogP contribution >= 0.6 is 0 Å². The zero-order valence-corrected chi connectivity index (χ0v) is 16.9. The molecule has 28 heavy (non-hydrogen) atoms. The van der Waals surface area contributed by atoms with Crippen LogP contribution in [0, 0.1) is 6.92 Å². The van der Waals surface area contributed by atoms with Crippen LogP contribution in [0.2, 0.25) is 0 Å². The van der Waals surface area contributed by atoms with Crippen molar-refractivity contribution in [2.24, 2.45) is 0 Å². The van der Waals surface area contributed by atoms with Gasteiger partial charge in [-0.1, -0.05) is 24.3 Å². The summed E-state index contributed by atoms with van der Waals surface area (Å²) in [5, 5.41) is 0. The standard InChI is InChI=1S/C23H25NO4/c1-15-19(21(26-3)23(28-5)22(27-4)20(15)25-2)14-17-8-6-7-9-18(17)16-10-12-24-13-11-16/h6-13H,14H2,1-5H3. The maximum atomic E-state index is 5.74. The van der Waals surface area contributed by atoms with E-state index in [1.807, 2.05) is 31.2 Å². The highest BCUT2D eigenvalue weighted by atomic mass is 16.5. The molecule has 0 aliphatic rings. The molecule has 0 atom stereocenters. The van der Waals surface area contributed by atoms with Gasteiger partial charge in [0.2, 0.25) is 11.5 Å². The van der Waals surface area contributed by atoms with Crippen molar-refractivity contribution in [3.63, 3.8) is 0 Å². The highest BCUT2D eigenvalue weighted by molar-refractivity contribution is 5.71. The molecule has 3 aromatic rings. The summed E-state index contributed by atoms with van der Waals surface area (Å²) in [6, 6.07) is 12.3.